The van der Waals surface area contributed by atoms with Gasteiger partial charge in [0.2, 0.25) is 0 Å². The van der Waals surface area contributed by atoms with Crippen molar-refractivity contribution in [3.05, 3.63) is 70.8 Å². The Balaban J connectivity index is 1.42. The zero-order valence-corrected chi connectivity index (χ0v) is 15.7. The van der Waals surface area contributed by atoms with Crippen LogP contribution >= 0.6 is 0 Å². The van der Waals surface area contributed by atoms with Gasteiger partial charge in [0.05, 0.1) is 24.6 Å². The molecule has 8 heteroatoms. The zero-order valence-electron chi connectivity index (χ0n) is 15.7. The molecule has 0 bridgehead atoms. The minimum Gasteiger partial charge on any atom is -0.337 e. The van der Waals surface area contributed by atoms with Crippen LogP contribution < -0.4 is 5.56 Å². The first-order chi connectivity index (χ1) is 13.6. The van der Waals surface area contributed by atoms with Gasteiger partial charge in [0.25, 0.3) is 11.5 Å². The van der Waals surface area contributed by atoms with E-state index in [9.17, 15) is 9.59 Å². The normalized spacial score (nSPS) is 15.0. The molecule has 1 saturated heterocycles. The van der Waals surface area contributed by atoms with Gasteiger partial charge in [-0.25, -0.2) is 4.98 Å². The van der Waals surface area contributed by atoms with Crippen LogP contribution in [0.15, 0.2) is 53.8 Å². The number of amides is 1. The average molecular weight is 378 g/mol. The lowest BCUT2D eigenvalue weighted by Crippen LogP contribution is -2.48. The van der Waals surface area contributed by atoms with Crippen LogP contribution in [0.25, 0.3) is 11.3 Å². The Morgan fingerprint density at radius 2 is 2.00 bits per heavy atom. The van der Waals surface area contributed by atoms with Gasteiger partial charge in [0, 0.05) is 56.7 Å². The van der Waals surface area contributed by atoms with Gasteiger partial charge in [-0.3, -0.25) is 19.5 Å². The second kappa shape index (κ2) is 7.77. The number of H-pyrrole nitrogens is 1. The predicted octanol–water partition coefficient (Wildman–Crippen LogP) is 1.13. The quantitative estimate of drug-likeness (QED) is 0.735. The van der Waals surface area contributed by atoms with E-state index in [0.29, 0.717) is 24.3 Å². The first-order valence-electron chi connectivity index (χ1n) is 9.23. The van der Waals surface area contributed by atoms with E-state index in [2.05, 4.69) is 19.9 Å². The van der Waals surface area contributed by atoms with Crippen LogP contribution in [0.5, 0.6) is 0 Å². The molecular weight excluding hydrogens is 356 g/mol. The standard InChI is InChI=1S/C20H22N6O2/c1-24-6-5-22-18(24)14-25-7-9-26(10-8-25)20(28)16-4-2-3-15(11-16)17-12-21-13-19(27)23-17/h2-6,11-13H,7-10,14H2,1H3,(H,23,27). The molecule has 8 nitrogen and oxygen atoms in total. The number of piperazine rings is 1. The third-order valence-electron chi connectivity index (χ3n) is 5.02. The summed E-state index contributed by atoms with van der Waals surface area (Å²) < 4.78 is 2.02. The summed E-state index contributed by atoms with van der Waals surface area (Å²) in [5.41, 5.74) is 1.71. The molecule has 3 aromatic rings. The Kier molecular flexibility index (Phi) is 5.03. The van der Waals surface area contributed by atoms with E-state index in [0.717, 1.165) is 31.0 Å². The summed E-state index contributed by atoms with van der Waals surface area (Å²) in [4.78, 5) is 39.6. The third-order valence-corrected chi connectivity index (χ3v) is 5.02. The second-order valence-electron chi connectivity index (χ2n) is 6.91. The lowest BCUT2D eigenvalue weighted by molar-refractivity contribution is 0.0624. The zero-order chi connectivity index (χ0) is 19.5. The maximum Gasteiger partial charge on any atom is 0.266 e. The molecule has 1 fully saturated rings. The summed E-state index contributed by atoms with van der Waals surface area (Å²) in [7, 11) is 1.99. The maximum absolute atomic E-state index is 12.9. The van der Waals surface area contributed by atoms with Crippen molar-refractivity contribution in [1.29, 1.82) is 0 Å². The lowest BCUT2D eigenvalue weighted by Gasteiger charge is -2.34. The highest BCUT2D eigenvalue weighted by atomic mass is 16.2. The Morgan fingerprint density at radius 3 is 2.71 bits per heavy atom. The summed E-state index contributed by atoms with van der Waals surface area (Å²) in [6, 6.07) is 7.29. The van der Waals surface area contributed by atoms with Crippen LogP contribution in [0, 0.1) is 0 Å². The Hall–Kier alpha value is -3.26. The molecule has 0 unspecified atom stereocenters. The van der Waals surface area contributed by atoms with E-state index in [1.165, 1.54) is 6.20 Å². The van der Waals surface area contributed by atoms with Gasteiger partial charge in [0.15, 0.2) is 0 Å². The fraction of sp³-hybridized carbons (Fsp3) is 0.300. The van der Waals surface area contributed by atoms with Crippen molar-refractivity contribution in [3.8, 4) is 11.3 Å². The molecule has 1 aliphatic rings. The Labute approximate surface area is 162 Å². The number of aromatic nitrogens is 4. The van der Waals surface area contributed by atoms with E-state index in [4.69, 9.17) is 0 Å². The Bertz CT molecular complexity index is 1030. The monoisotopic (exact) mass is 378 g/mol. The number of benzene rings is 1. The van der Waals surface area contributed by atoms with E-state index in [1.807, 2.05) is 34.8 Å². The molecule has 1 N–H and O–H groups in total. The highest BCUT2D eigenvalue weighted by molar-refractivity contribution is 5.95. The van der Waals surface area contributed by atoms with Gasteiger partial charge in [-0.15, -0.1) is 0 Å². The molecule has 1 amide bonds. The highest BCUT2D eigenvalue weighted by Crippen LogP contribution is 2.18. The fourth-order valence-corrected chi connectivity index (χ4v) is 3.38. The summed E-state index contributed by atoms with van der Waals surface area (Å²) in [5.74, 6) is 1.03. The molecule has 0 radical (unpaired) electrons. The van der Waals surface area contributed by atoms with Crippen LogP contribution in [-0.4, -0.2) is 61.4 Å². The maximum atomic E-state index is 12.9. The van der Waals surface area contributed by atoms with E-state index in [-0.39, 0.29) is 11.5 Å². The minimum absolute atomic E-state index is 0.00438. The van der Waals surface area contributed by atoms with Crippen LogP contribution in [0.4, 0.5) is 0 Å². The third kappa shape index (κ3) is 3.86. The van der Waals surface area contributed by atoms with Gasteiger partial charge >= 0.3 is 0 Å². The van der Waals surface area contributed by atoms with Gasteiger partial charge in [-0.05, 0) is 12.1 Å². The highest BCUT2D eigenvalue weighted by Gasteiger charge is 2.23. The number of nitrogens with zero attached hydrogens (tertiary/aromatic N) is 5. The summed E-state index contributed by atoms with van der Waals surface area (Å²) in [5, 5.41) is 0. The molecule has 0 spiro atoms. The molecule has 0 aliphatic carbocycles. The van der Waals surface area contributed by atoms with Crippen molar-refractivity contribution >= 4 is 5.91 Å². The molecule has 0 atom stereocenters. The number of rotatable bonds is 4. The predicted molar refractivity (Wildman–Crippen MR) is 105 cm³/mol. The van der Waals surface area contributed by atoms with Crippen LogP contribution in [0.2, 0.25) is 0 Å². The number of aromatic amines is 1. The first-order valence-corrected chi connectivity index (χ1v) is 9.23. The van der Waals surface area contributed by atoms with Crippen molar-refractivity contribution in [2.24, 2.45) is 7.05 Å². The smallest absolute Gasteiger partial charge is 0.266 e. The topological polar surface area (TPSA) is 87.1 Å². The number of imidazole rings is 1. The number of carbonyl (C=O) groups excluding carboxylic acids is 1. The molecule has 0 saturated carbocycles. The first kappa shape index (κ1) is 18.1. The van der Waals surface area contributed by atoms with Gasteiger partial charge in [-0.1, -0.05) is 12.1 Å². The van der Waals surface area contributed by atoms with Gasteiger partial charge < -0.3 is 14.5 Å². The molecule has 3 heterocycles. The van der Waals surface area contributed by atoms with Crippen LogP contribution in [0.3, 0.4) is 0 Å². The lowest BCUT2D eigenvalue weighted by atomic mass is 10.1. The summed E-state index contributed by atoms with van der Waals surface area (Å²) >= 11 is 0. The molecule has 1 aliphatic heterocycles. The van der Waals surface area contributed by atoms with Crippen molar-refractivity contribution < 1.29 is 4.79 Å². The number of hydrogen-bond acceptors (Lipinski definition) is 5. The molecule has 144 valence electrons. The van der Waals surface area contributed by atoms with Crippen molar-refractivity contribution in [1.82, 2.24) is 29.3 Å². The minimum atomic E-state index is -0.266. The van der Waals surface area contributed by atoms with E-state index < -0.39 is 0 Å². The number of hydrogen-bond donors (Lipinski definition) is 1. The number of nitrogens with one attached hydrogen (secondary N) is 1. The fourth-order valence-electron chi connectivity index (χ4n) is 3.38. The van der Waals surface area contributed by atoms with Crippen molar-refractivity contribution in [2.75, 3.05) is 26.2 Å². The summed E-state index contributed by atoms with van der Waals surface area (Å²) in [6.07, 6.45) is 6.56. The van der Waals surface area contributed by atoms with Crippen molar-refractivity contribution in [3.63, 3.8) is 0 Å². The molecule has 1 aromatic carbocycles. The second-order valence-corrected chi connectivity index (χ2v) is 6.91. The molecule has 28 heavy (non-hydrogen) atoms. The summed E-state index contributed by atoms with van der Waals surface area (Å²) in [6.45, 7) is 3.77. The molecular formula is C20H22N6O2. The molecule has 2 aromatic heterocycles. The number of carbonyl (C=O) groups is 1. The Morgan fingerprint density at radius 1 is 1.18 bits per heavy atom. The van der Waals surface area contributed by atoms with E-state index >= 15 is 0 Å². The van der Waals surface area contributed by atoms with Crippen molar-refractivity contribution in [2.45, 2.75) is 6.54 Å². The van der Waals surface area contributed by atoms with Crippen LogP contribution in [0.1, 0.15) is 16.2 Å². The largest absolute Gasteiger partial charge is 0.337 e. The number of aryl methyl sites for hydroxylation is 1. The van der Waals surface area contributed by atoms with Gasteiger partial charge in [0.1, 0.15) is 5.82 Å². The SMILES string of the molecule is Cn1ccnc1CN1CCN(C(=O)c2cccc(-c3cncc(=O)[nH]3)c2)CC1. The average Bonchev–Trinajstić information content (AvgIpc) is 3.12. The molecule has 4 rings (SSSR count). The van der Waals surface area contributed by atoms with E-state index in [1.54, 1.807) is 24.5 Å². The van der Waals surface area contributed by atoms with Crippen LogP contribution in [-0.2, 0) is 13.6 Å². The van der Waals surface area contributed by atoms with Gasteiger partial charge in [-0.2, -0.15) is 0 Å².